The molecule has 2 N–H and O–H groups in total. The summed E-state index contributed by atoms with van der Waals surface area (Å²) >= 11 is 0. The summed E-state index contributed by atoms with van der Waals surface area (Å²) in [7, 11) is 0. The van der Waals surface area contributed by atoms with E-state index in [-0.39, 0.29) is 5.78 Å². The second-order valence-electron chi connectivity index (χ2n) is 5.04. The number of ketones is 1. The Morgan fingerprint density at radius 1 is 1.12 bits per heavy atom. The Bertz CT molecular complexity index is 411. The van der Waals surface area contributed by atoms with Crippen molar-refractivity contribution < 1.29 is 15.0 Å². The Hall–Kier alpha value is -1.19. The van der Waals surface area contributed by atoms with E-state index in [0.717, 1.165) is 12.8 Å². The number of benzene rings is 1. The molecule has 0 amide bonds. The van der Waals surface area contributed by atoms with Crippen LogP contribution >= 0.6 is 0 Å². The number of hydrogen-bond donors (Lipinski definition) is 2. The van der Waals surface area contributed by atoms with Gasteiger partial charge in [0.2, 0.25) is 0 Å². The largest absolute Gasteiger partial charge is 0.387 e. The van der Waals surface area contributed by atoms with Gasteiger partial charge in [0.05, 0.1) is 5.60 Å². The van der Waals surface area contributed by atoms with Crippen LogP contribution in [0.4, 0.5) is 0 Å². The molecular weight excluding hydrogens is 216 g/mol. The van der Waals surface area contributed by atoms with E-state index < -0.39 is 11.2 Å². The first-order chi connectivity index (χ1) is 7.97. The van der Waals surface area contributed by atoms with Gasteiger partial charge in [0.15, 0.2) is 11.4 Å². The smallest absolute Gasteiger partial charge is 0.197 e. The van der Waals surface area contributed by atoms with Crippen molar-refractivity contribution in [2.24, 2.45) is 0 Å². The number of aliphatic hydroxyl groups is 2. The summed E-state index contributed by atoms with van der Waals surface area (Å²) in [5.74, 6) is -0.372. The molecular formula is C14H18O3. The minimum absolute atomic E-state index is 0.327. The summed E-state index contributed by atoms with van der Waals surface area (Å²) in [6.45, 7) is 1.55. The van der Waals surface area contributed by atoms with Crippen molar-refractivity contribution in [1.82, 2.24) is 0 Å². The Morgan fingerprint density at radius 3 is 2.29 bits per heavy atom. The van der Waals surface area contributed by atoms with Crippen LogP contribution in [0.2, 0.25) is 0 Å². The lowest BCUT2D eigenvalue weighted by atomic mass is 9.69. The van der Waals surface area contributed by atoms with Gasteiger partial charge < -0.3 is 10.2 Å². The lowest BCUT2D eigenvalue weighted by Crippen LogP contribution is -2.59. The molecule has 0 aliphatic heterocycles. The van der Waals surface area contributed by atoms with Crippen molar-refractivity contribution in [2.45, 2.75) is 43.8 Å². The molecule has 0 saturated heterocycles. The van der Waals surface area contributed by atoms with Crippen LogP contribution in [0.5, 0.6) is 0 Å². The van der Waals surface area contributed by atoms with Gasteiger partial charge in [-0.05, 0) is 26.2 Å². The third kappa shape index (κ3) is 2.01. The molecule has 1 aromatic carbocycles. The lowest BCUT2D eigenvalue weighted by molar-refractivity contribution is -0.136. The van der Waals surface area contributed by atoms with Crippen LogP contribution in [0.25, 0.3) is 0 Å². The van der Waals surface area contributed by atoms with Crippen LogP contribution < -0.4 is 0 Å². The summed E-state index contributed by atoms with van der Waals surface area (Å²) in [5.41, 5.74) is -2.53. The second-order valence-corrected chi connectivity index (χ2v) is 5.04. The van der Waals surface area contributed by atoms with E-state index in [1.54, 1.807) is 31.2 Å². The summed E-state index contributed by atoms with van der Waals surface area (Å²) in [5, 5.41) is 20.8. The summed E-state index contributed by atoms with van der Waals surface area (Å²) in [6, 6.07) is 8.68. The van der Waals surface area contributed by atoms with E-state index in [1.165, 1.54) is 0 Å². The van der Waals surface area contributed by atoms with Crippen molar-refractivity contribution in [3.8, 4) is 0 Å². The van der Waals surface area contributed by atoms with Gasteiger partial charge >= 0.3 is 0 Å². The fourth-order valence-corrected chi connectivity index (χ4v) is 2.51. The van der Waals surface area contributed by atoms with Gasteiger partial charge in [-0.2, -0.15) is 0 Å². The molecule has 92 valence electrons. The highest BCUT2D eigenvalue weighted by Gasteiger charge is 2.52. The topological polar surface area (TPSA) is 57.5 Å². The zero-order chi connectivity index (χ0) is 12.5. The van der Waals surface area contributed by atoms with Gasteiger partial charge in [-0.3, -0.25) is 4.79 Å². The first-order valence-electron chi connectivity index (χ1n) is 6.02. The number of carbonyl (C=O) groups excluding carboxylic acids is 1. The van der Waals surface area contributed by atoms with Crippen LogP contribution in [0.1, 0.15) is 43.0 Å². The van der Waals surface area contributed by atoms with Crippen LogP contribution in [-0.2, 0) is 0 Å². The summed E-state index contributed by atoms with van der Waals surface area (Å²) < 4.78 is 0. The van der Waals surface area contributed by atoms with E-state index in [4.69, 9.17) is 0 Å². The maximum atomic E-state index is 12.3. The van der Waals surface area contributed by atoms with Gasteiger partial charge in [-0.25, -0.2) is 0 Å². The molecule has 1 aliphatic rings. The SMILES string of the molecule is CC1(O)CCCCC1(O)C(=O)c1ccccc1. The average molecular weight is 234 g/mol. The van der Waals surface area contributed by atoms with Crippen molar-refractivity contribution in [1.29, 1.82) is 0 Å². The molecule has 1 saturated carbocycles. The minimum Gasteiger partial charge on any atom is -0.387 e. The van der Waals surface area contributed by atoms with Gasteiger partial charge in [-0.1, -0.05) is 36.8 Å². The quantitative estimate of drug-likeness (QED) is 0.769. The third-order valence-corrected chi connectivity index (χ3v) is 3.75. The van der Waals surface area contributed by atoms with E-state index >= 15 is 0 Å². The van der Waals surface area contributed by atoms with Gasteiger partial charge in [-0.15, -0.1) is 0 Å². The van der Waals surface area contributed by atoms with Gasteiger partial charge in [0, 0.05) is 5.56 Å². The highest BCUT2D eigenvalue weighted by atomic mass is 16.4. The van der Waals surface area contributed by atoms with Crippen LogP contribution in [0.15, 0.2) is 30.3 Å². The average Bonchev–Trinajstić information content (AvgIpc) is 2.33. The van der Waals surface area contributed by atoms with E-state index in [0.29, 0.717) is 18.4 Å². The molecule has 17 heavy (non-hydrogen) atoms. The van der Waals surface area contributed by atoms with Crippen LogP contribution in [0, 0.1) is 0 Å². The predicted octanol–water partition coefficient (Wildman–Crippen LogP) is 1.93. The first kappa shape index (κ1) is 12.3. The molecule has 3 nitrogen and oxygen atoms in total. The number of rotatable bonds is 2. The fraction of sp³-hybridized carbons (Fsp3) is 0.500. The molecule has 3 heteroatoms. The molecule has 1 aromatic rings. The molecule has 0 spiro atoms. The third-order valence-electron chi connectivity index (χ3n) is 3.75. The lowest BCUT2D eigenvalue weighted by Gasteiger charge is -2.43. The Kier molecular flexibility index (Phi) is 3.06. The fourth-order valence-electron chi connectivity index (χ4n) is 2.51. The van der Waals surface area contributed by atoms with Gasteiger partial charge in [0.25, 0.3) is 0 Å². The van der Waals surface area contributed by atoms with Crippen LogP contribution in [0.3, 0.4) is 0 Å². The maximum Gasteiger partial charge on any atom is 0.197 e. The number of carbonyl (C=O) groups is 1. The Labute approximate surface area is 101 Å². The molecule has 0 radical (unpaired) electrons. The molecule has 1 fully saturated rings. The molecule has 0 heterocycles. The van der Waals surface area contributed by atoms with E-state index in [9.17, 15) is 15.0 Å². The zero-order valence-corrected chi connectivity index (χ0v) is 10.0. The minimum atomic E-state index is -1.65. The van der Waals surface area contributed by atoms with Crippen molar-refractivity contribution in [3.63, 3.8) is 0 Å². The van der Waals surface area contributed by atoms with Crippen LogP contribution in [-0.4, -0.2) is 27.2 Å². The predicted molar refractivity (Wildman–Crippen MR) is 64.8 cm³/mol. The van der Waals surface area contributed by atoms with E-state index in [2.05, 4.69) is 0 Å². The molecule has 2 atom stereocenters. The summed E-state index contributed by atoms with van der Waals surface area (Å²) in [4.78, 5) is 12.3. The zero-order valence-electron chi connectivity index (χ0n) is 10.0. The Balaban J connectivity index is 2.35. The van der Waals surface area contributed by atoms with Crippen molar-refractivity contribution in [3.05, 3.63) is 35.9 Å². The molecule has 2 unspecified atom stereocenters. The molecule has 2 rings (SSSR count). The van der Waals surface area contributed by atoms with Crippen molar-refractivity contribution >= 4 is 5.78 Å². The maximum absolute atomic E-state index is 12.3. The highest BCUT2D eigenvalue weighted by Crippen LogP contribution is 2.39. The second kappa shape index (κ2) is 4.24. The molecule has 1 aliphatic carbocycles. The standard InChI is InChI=1S/C14H18O3/c1-13(16)9-5-6-10-14(13,17)12(15)11-7-3-2-4-8-11/h2-4,7-8,16-17H,5-6,9-10H2,1H3. The summed E-state index contributed by atoms with van der Waals surface area (Å²) in [6.07, 6.45) is 2.40. The number of Topliss-reactive ketones (excluding diaryl/α,β-unsaturated/α-hetero) is 1. The van der Waals surface area contributed by atoms with Gasteiger partial charge in [0.1, 0.15) is 0 Å². The molecule has 0 aromatic heterocycles. The number of hydrogen-bond acceptors (Lipinski definition) is 3. The monoisotopic (exact) mass is 234 g/mol. The van der Waals surface area contributed by atoms with Crippen molar-refractivity contribution in [2.75, 3.05) is 0 Å². The Morgan fingerprint density at radius 2 is 1.71 bits per heavy atom. The first-order valence-corrected chi connectivity index (χ1v) is 6.02. The van der Waals surface area contributed by atoms with E-state index in [1.807, 2.05) is 6.07 Å². The highest BCUT2D eigenvalue weighted by molar-refractivity contribution is 6.03. The molecule has 0 bridgehead atoms. The normalized spacial score (nSPS) is 33.4.